The monoisotopic (exact) mass is 273 g/mol. The highest BCUT2D eigenvalue weighted by molar-refractivity contribution is 6.31. The molecular weight excluding hydrogens is 254 g/mol. The van der Waals surface area contributed by atoms with E-state index in [1.165, 1.54) is 0 Å². The van der Waals surface area contributed by atoms with Gasteiger partial charge >= 0.3 is 0 Å². The Balaban J connectivity index is 2.49. The van der Waals surface area contributed by atoms with E-state index in [1.54, 1.807) is 12.1 Å². The molecule has 4 nitrogen and oxygen atoms in total. The van der Waals surface area contributed by atoms with E-state index in [-0.39, 0.29) is 13.2 Å². The number of benzene rings is 1. The summed E-state index contributed by atoms with van der Waals surface area (Å²) in [6, 6.07) is 7.21. The van der Waals surface area contributed by atoms with Gasteiger partial charge in [-0.25, -0.2) is 0 Å². The Kier molecular flexibility index (Phi) is 7.23. The summed E-state index contributed by atoms with van der Waals surface area (Å²) >= 11 is 6.00. The zero-order valence-electron chi connectivity index (χ0n) is 10.3. The van der Waals surface area contributed by atoms with Crippen molar-refractivity contribution in [2.45, 2.75) is 12.5 Å². The van der Waals surface area contributed by atoms with E-state index >= 15 is 0 Å². The van der Waals surface area contributed by atoms with Gasteiger partial charge in [0.15, 0.2) is 0 Å². The molecule has 0 aliphatic heterocycles. The fourth-order valence-corrected chi connectivity index (χ4v) is 2.09. The first kappa shape index (κ1) is 15.4. The predicted octanol–water partition coefficient (Wildman–Crippen LogP) is 1.05. The molecule has 0 amide bonds. The second kappa shape index (κ2) is 8.45. The van der Waals surface area contributed by atoms with E-state index in [9.17, 15) is 5.11 Å². The summed E-state index contributed by atoms with van der Waals surface area (Å²) in [7, 11) is 0. The van der Waals surface area contributed by atoms with E-state index in [0.29, 0.717) is 36.6 Å². The average Bonchev–Trinajstić information content (AvgIpc) is 2.36. The van der Waals surface area contributed by atoms with E-state index in [4.69, 9.17) is 21.8 Å². The van der Waals surface area contributed by atoms with Crippen molar-refractivity contribution in [3.8, 4) is 0 Å². The van der Waals surface area contributed by atoms with Crippen molar-refractivity contribution in [2.24, 2.45) is 0 Å². The normalized spacial score (nSPS) is 12.9. The molecule has 5 heteroatoms. The summed E-state index contributed by atoms with van der Waals surface area (Å²) in [4.78, 5) is 1.90. The summed E-state index contributed by atoms with van der Waals surface area (Å²) in [5.74, 6) is 0. The molecule has 1 aromatic carbocycles. The van der Waals surface area contributed by atoms with Crippen LogP contribution in [0.2, 0.25) is 5.02 Å². The standard InChI is InChI=1S/C13H20ClNO3/c14-12-4-2-1-3-11(12)13(18)5-6-15(7-9-16)8-10-17/h1-4,13,16-18H,5-10H2. The number of nitrogens with zero attached hydrogens (tertiary/aromatic N) is 1. The van der Waals surface area contributed by atoms with Gasteiger partial charge in [-0.2, -0.15) is 0 Å². The van der Waals surface area contributed by atoms with Crippen LogP contribution in [0, 0.1) is 0 Å². The number of aliphatic hydroxyl groups excluding tert-OH is 3. The molecule has 1 atom stereocenters. The fraction of sp³-hybridized carbons (Fsp3) is 0.538. The second-order valence-corrected chi connectivity index (χ2v) is 4.52. The molecule has 1 rings (SSSR count). The Bertz CT molecular complexity index is 343. The van der Waals surface area contributed by atoms with Gasteiger partial charge in [0.2, 0.25) is 0 Å². The summed E-state index contributed by atoms with van der Waals surface area (Å²) in [5, 5.41) is 28.4. The highest BCUT2D eigenvalue weighted by Crippen LogP contribution is 2.24. The first-order chi connectivity index (χ1) is 8.69. The zero-order chi connectivity index (χ0) is 13.4. The first-order valence-corrected chi connectivity index (χ1v) is 6.43. The maximum Gasteiger partial charge on any atom is 0.0816 e. The number of halogens is 1. The Hall–Kier alpha value is -0.650. The van der Waals surface area contributed by atoms with Crippen molar-refractivity contribution in [3.05, 3.63) is 34.9 Å². The largest absolute Gasteiger partial charge is 0.395 e. The molecule has 0 fully saturated rings. The van der Waals surface area contributed by atoms with Crippen LogP contribution >= 0.6 is 11.6 Å². The lowest BCUT2D eigenvalue weighted by atomic mass is 10.1. The fourth-order valence-electron chi connectivity index (χ4n) is 1.82. The van der Waals surface area contributed by atoms with Gasteiger partial charge in [-0.3, -0.25) is 4.90 Å². The van der Waals surface area contributed by atoms with Crippen molar-refractivity contribution in [3.63, 3.8) is 0 Å². The zero-order valence-corrected chi connectivity index (χ0v) is 11.1. The van der Waals surface area contributed by atoms with Crippen LogP contribution in [0.5, 0.6) is 0 Å². The van der Waals surface area contributed by atoms with Crippen LogP contribution in [0.15, 0.2) is 24.3 Å². The number of rotatable bonds is 8. The van der Waals surface area contributed by atoms with Gasteiger partial charge in [-0.15, -0.1) is 0 Å². The highest BCUT2D eigenvalue weighted by atomic mass is 35.5. The van der Waals surface area contributed by atoms with Crippen LogP contribution in [-0.4, -0.2) is 53.1 Å². The molecule has 1 aromatic rings. The van der Waals surface area contributed by atoms with E-state index in [2.05, 4.69) is 0 Å². The summed E-state index contributed by atoms with van der Waals surface area (Å²) in [6.45, 7) is 1.68. The molecule has 18 heavy (non-hydrogen) atoms. The quantitative estimate of drug-likeness (QED) is 0.663. The Labute approximate surface area is 112 Å². The third-order valence-electron chi connectivity index (χ3n) is 2.82. The summed E-state index contributed by atoms with van der Waals surface area (Å²) < 4.78 is 0. The second-order valence-electron chi connectivity index (χ2n) is 4.11. The van der Waals surface area contributed by atoms with Crippen LogP contribution in [0.3, 0.4) is 0 Å². The minimum atomic E-state index is -0.626. The van der Waals surface area contributed by atoms with Crippen LogP contribution in [0.4, 0.5) is 0 Å². The van der Waals surface area contributed by atoms with E-state index < -0.39 is 6.10 Å². The van der Waals surface area contributed by atoms with Gasteiger partial charge < -0.3 is 15.3 Å². The van der Waals surface area contributed by atoms with Crippen molar-refractivity contribution in [1.82, 2.24) is 4.90 Å². The Morgan fingerprint density at radius 2 is 1.67 bits per heavy atom. The van der Waals surface area contributed by atoms with Gasteiger partial charge in [0.1, 0.15) is 0 Å². The minimum Gasteiger partial charge on any atom is -0.395 e. The average molecular weight is 274 g/mol. The molecule has 0 saturated heterocycles. The van der Waals surface area contributed by atoms with Crippen molar-refractivity contribution >= 4 is 11.6 Å². The predicted molar refractivity (Wildman–Crippen MR) is 71.6 cm³/mol. The minimum absolute atomic E-state index is 0.0438. The maximum absolute atomic E-state index is 10.1. The van der Waals surface area contributed by atoms with Gasteiger partial charge in [0.25, 0.3) is 0 Å². The van der Waals surface area contributed by atoms with Gasteiger partial charge in [0, 0.05) is 24.7 Å². The number of hydrogen-bond acceptors (Lipinski definition) is 4. The molecule has 0 saturated carbocycles. The molecule has 0 bridgehead atoms. The van der Waals surface area contributed by atoms with Gasteiger partial charge in [-0.1, -0.05) is 29.8 Å². The first-order valence-electron chi connectivity index (χ1n) is 6.05. The third-order valence-corrected chi connectivity index (χ3v) is 3.16. The molecule has 0 aromatic heterocycles. The van der Waals surface area contributed by atoms with Crippen molar-refractivity contribution < 1.29 is 15.3 Å². The van der Waals surface area contributed by atoms with Crippen molar-refractivity contribution in [2.75, 3.05) is 32.8 Å². The van der Waals surface area contributed by atoms with Crippen LogP contribution < -0.4 is 0 Å². The van der Waals surface area contributed by atoms with Crippen molar-refractivity contribution in [1.29, 1.82) is 0 Å². The van der Waals surface area contributed by atoms with Crippen LogP contribution in [0.1, 0.15) is 18.1 Å². The van der Waals surface area contributed by atoms with E-state index in [1.807, 2.05) is 17.0 Å². The van der Waals surface area contributed by atoms with Gasteiger partial charge in [0.05, 0.1) is 19.3 Å². The molecule has 1 unspecified atom stereocenters. The lowest BCUT2D eigenvalue weighted by Crippen LogP contribution is -2.31. The summed E-state index contributed by atoms with van der Waals surface area (Å²) in [6.07, 6.45) is -0.109. The Morgan fingerprint density at radius 1 is 1.06 bits per heavy atom. The smallest absolute Gasteiger partial charge is 0.0816 e. The maximum atomic E-state index is 10.1. The Morgan fingerprint density at radius 3 is 2.22 bits per heavy atom. The van der Waals surface area contributed by atoms with E-state index in [0.717, 1.165) is 0 Å². The molecule has 0 heterocycles. The number of aliphatic hydroxyl groups is 3. The lowest BCUT2D eigenvalue weighted by Gasteiger charge is -2.22. The lowest BCUT2D eigenvalue weighted by molar-refractivity contribution is 0.118. The summed E-state index contributed by atoms with van der Waals surface area (Å²) in [5.41, 5.74) is 0.715. The van der Waals surface area contributed by atoms with Gasteiger partial charge in [-0.05, 0) is 18.1 Å². The third kappa shape index (κ3) is 4.92. The molecule has 0 aliphatic rings. The van der Waals surface area contributed by atoms with Crippen LogP contribution in [0.25, 0.3) is 0 Å². The SMILES string of the molecule is OCCN(CCO)CCC(O)c1ccccc1Cl. The highest BCUT2D eigenvalue weighted by Gasteiger charge is 2.13. The molecule has 0 spiro atoms. The molecular formula is C13H20ClNO3. The molecule has 102 valence electrons. The van der Waals surface area contributed by atoms with Crippen LogP contribution in [-0.2, 0) is 0 Å². The molecule has 3 N–H and O–H groups in total. The molecule has 0 radical (unpaired) electrons. The molecule has 0 aliphatic carbocycles. The number of hydrogen-bond donors (Lipinski definition) is 3. The topological polar surface area (TPSA) is 63.9 Å².